The van der Waals surface area contributed by atoms with Gasteiger partial charge >= 0.3 is 6.18 Å². The highest BCUT2D eigenvalue weighted by molar-refractivity contribution is 5.87. The molecule has 3 fully saturated rings. The van der Waals surface area contributed by atoms with E-state index in [9.17, 15) is 18.0 Å². The number of Topliss-reactive ketones (excluding diaryl/α,β-unsaturated/α-hetero) is 1. The molecule has 0 amide bonds. The van der Waals surface area contributed by atoms with Crippen LogP contribution in [0.5, 0.6) is 0 Å². The molecule has 8 atom stereocenters. The molecule has 4 nitrogen and oxygen atoms in total. The summed E-state index contributed by atoms with van der Waals surface area (Å²) >= 11 is 0. The lowest BCUT2D eigenvalue weighted by Crippen LogP contribution is -2.63. The molecule has 0 radical (unpaired) electrons. The van der Waals surface area contributed by atoms with Crippen molar-refractivity contribution in [3.8, 4) is 0 Å². The van der Waals surface area contributed by atoms with Crippen molar-refractivity contribution in [2.75, 3.05) is 21.0 Å². The number of methoxy groups -OCH3 is 2. The molecule has 0 aromatic heterocycles. The van der Waals surface area contributed by atoms with Crippen molar-refractivity contribution in [3.05, 3.63) is 0 Å². The first-order valence-corrected chi connectivity index (χ1v) is 11.1. The van der Waals surface area contributed by atoms with Crippen molar-refractivity contribution in [1.29, 1.82) is 0 Å². The molecule has 7 heteroatoms. The van der Waals surface area contributed by atoms with Gasteiger partial charge < -0.3 is 14.2 Å². The Kier molecular flexibility index (Phi) is 6.43. The van der Waals surface area contributed by atoms with Gasteiger partial charge in [0, 0.05) is 31.0 Å². The molecule has 0 aromatic rings. The summed E-state index contributed by atoms with van der Waals surface area (Å²) in [6, 6.07) is 0. The summed E-state index contributed by atoms with van der Waals surface area (Å²) in [5.41, 5.74) is -2.27. The summed E-state index contributed by atoms with van der Waals surface area (Å²) in [5.74, 6) is -0.409. The average molecular weight is 435 g/mol. The van der Waals surface area contributed by atoms with Crippen molar-refractivity contribution in [1.82, 2.24) is 0 Å². The molecule has 0 N–H and O–H groups in total. The maximum atomic E-state index is 13.7. The van der Waals surface area contributed by atoms with Gasteiger partial charge in [-0.15, -0.1) is 0 Å². The van der Waals surface area contributed by atoms with Crippen molar-refractivity contribution < 1.29 is 32.2 Å². The first kappa shape index (κ1) is 24.0. The Bertz CT molecular complexity index is 653. The fourth-order valence-corrected chi connectivity index (χ4v) is 7.48. The van der Waals surface area contributed by atoms with Gasteiger partial charge in [-0.05, 0) is 49.4 Å². The monoisotopic (exact) mass is 434 g/mol. The molecular weight excluding hydrogens is 397 g/mol. The zero-order valence-corrected chi connectivity index (χ0v) is 19.1. The number of ketones is 1. The van der Waals surface area contributed by atoms with Crippen LogP contribution in [0.1, 0.15) is 66.2 Å². The summed E-state index contributed by atoms with van der Waals surface area (Å²) < 4.78 is 58.0. The number of hydrogen-bond acceptors (Lipinski definition) is 4. The minimum absolute atomic E-state index is 0.00378. The smallest absolute Gasteiger partial charge is 0.381 e. The Hall–Kier alpha value is -0.660. The Balaban J connectivity index is 2.18. The lowest BCUT2D eigenvalue weighted by Gasteiger charge is -2.62. The van der Waals surface area contributed by atoms with Gasteiger partial charge in [-0.2, -0.15) is 13.2 Å². The van der Waals surface area contributed by atoms with Gasteiger partial charge in [0.15, 0.2) is 0 Å². The predicted molar refractivity (Wildman–Crippen MR) is 107 cm³/mol. The van der Waals surface area contributed by atoms with Gasteiger partial charge in [0.2, 0.25) is 0 Å². The van der Waals surface area contributed by atoms with E-state index in [-0.39, 0.29) is 42.4 Å². The topological polar surface area (TPSA) is 44.8 Å². The van der Waals surface area contributed by atoms with Crippen LogP contribution in [0, 0.1) is 34.0 Å². The van der Waals surface area contributed by atoms with Gasteiger partial charge in [0.25, 0.3) is 0 Å². The molecule has 3 rings (SSSR count). The van der Waals surface area contributed by atoms with Crippen LogP contribution in [-0.4, -0.2) is 45.2 Å². The summed E-state index contributed by atoms with van der Waals surface area (Å²) in [6.45, 7) is 7.69. The number of halogens is 3. The highest BCUT2D eigenvalue weighted by Crippen LogP contribution is 2.69. The second-order valence-corrected chi connectivity index (χ2v) is 10.5. The highest BCUT2D eigenvalue weighted by atomic mass is 19.4. The summed E-state index contributed by atoms with van der Waals surface area (Å²) in [7, 11) is 3.22. The van der Waals surface area contributed by atoms with E-state index in [0.29, 0.717) is 0 Å². The van der Waals surface area contributed by atoms with E-state index in [4.69, 9.17) is 14.2 Å². The molecule has 0 aromatic carbocycles. The third-order valence-corrected chi connectivity index (χ3v) is 9.12. The molecule has 3 saturated carbocycles. The second kappa shape index (κ2) is 8.04. The number of carbonyl (C=O) groups is 1. The van der Waals surface area contributed by atoms with Crippen molar-refractivity contribution in [2.45, 2.75) is 84.6 Å². The molecule has 0 aliphatic heterocycles. The standard InChI is InChI=1S/C23H37F3O4/c1-14-7-9-22-10-8-16(29-6)18(22)21(14,4)17(30-13-28-5)11-20(3,12-23(24,25)26)19(27)15(22)2/h14-18H,7-13H2,1-6H3/t14-,15+,16-,17?,18?,20+,21+,22?/m1/s1. The SMILES string of the molecule is COCOC1C[C@@](C)(CC(F)(F)F)C(=O)[C@H](C)C23CC[C@@H](C)[C@]1(C)C2[C@H](OC)CC3. The molecular formula is C23H37F3O4. The zero-order chi connectivity index (χ0) is 22.5. The second-order valence-electron chi connectivity index (χ2n) is 10.5. The molecule has 174 valence electrons. The molecule has 2 bridgehead atoms. The Labute approximate surface area is 178 Å². The van der Waals surface area contributed by atoms with E-state index < -0.39 is 35.4 Å². The highest BCUT2D eigenvalue weighted by Gasteiger charge is 2.68. The molecule has 0 spiro atoms. The van der Waals surface area contributed by atoms with Crippen molar-refractivity contribution in [2.24, 2.45) is 34.0 Å². The molecule has 3 aliphatic rings. The van der Waals surface area contributed by atoms with E-state index >= 15 is 0 Å². The van der Waals surface area contributed by atoms with Crippen molar-refractivity contribution in [3.63, 3.8) is 0 Å². The molecule has 3 aliphatic carbocycles. The normalized spacial score (nSPS) is 47.0. The van der Waals surface area contributed by atoms with Crippen LogP contribution < -0.4 is 0 Å². The first-order valence-electron chi connectivity index (χ1n) is 11.1. The van der Waals surface area contributed by atoms with Gasteiger partial charge in [0.05, 0.1) is 18.6 Å². The first-order chi connectivity index (χ1) is 13.9. The van der Waals surface area contributed by atoms with Crippen LogP contribution in [-0.2, 0) is 19.0 Å². The van der Waals surface area contributed by atoms with E-state index in [1.165, 1.54) is 14.0 Å². The average Bonchev–Trinajstić information content (AvgIpc) is 3.05. The van der Waals surface area contributed by atoms with Crippen LogP contribution >= 0.6 is 0 Å². The van der Waals surface area contributed by atoms with Crippen LogP contribution in [0.25, 0.3) is 0 Å². The number of ether oxygens (including phenoxy) is 3. The fraction of sp³-hybridized carbons (Fsp3) is 0.957. The van der Waals surface area contributed by atoms with Crippen molar-refractivity contribution >= 4 is 5.78 Å². The lowest BCUT2D eigenvalue weighted by atomic mass is 9.43. The van der Waals surface area contributed by atoms with E-state index in [1.54, 1.807) is 7.11 Å². The Morgan fingerprint density at radius 3 is 2.30 bits per heavy atom. The number of alkyl halides is 3. The van der Waals surface area contributed by atoms with Gasteiger partial charge in [-0.25, -0.2) is 0 Å². The number of carbonyl (C=O) groups excluding carboxylic acids is 1. The van der Waals surface area contributed by atoms with Gasteiger partial charge in [0.1, 0.15) is 12.6 Å². The number of hydrogen-bond donors (Lipinski definition) is 0. The fourth-order valence-electron chi connectivity index (χ4n) is 7.48. The summed E-state index contributed by atoms with van der Waals surface area (Å²) in [5, 5.41) is 0. The van der Waals surface area contributed by atoms with Gasteiger partial charge in [-0.3, -0.25) is 4.79 Å². The van der Waals surface area contributed by atoms with Crippen LogP contribution in [0.3, 0.4) is 0 Å². The largest absolute Gasteiger partial charge is 0.390 e. The Morgan fingerprint density at radius 2 is 1.73 bits per heavy atom. The maximum absolute atomic E-state index is 13.7. The zero-order valence-electron chi connectivity index (χ0n) is 19.1. The maximum Gasteiger partial charge on any atom is 0.390 e. The van der Waals surface area contributed by atoms with E-state index in [2.05, 4.69) is 13.8 Å². The third-order valence-electron chi connectivity index (χ3n) is 9.12. The third kappa shape index (κ3) is 3.62. The quantitative estimate of drug-likeness (QED) is 0.544. The van der Waals surface area contributed by atoms with Crippen LogP contribution in [0.4, 0.5) is 13.2 Å². The number of rotatable bonds is 5. The minimum Gasteiger partial charge on any atom is -0.381 e. The summed E-state index contributed by atoms with van der Waals surface area (Å²) in [4.78, 5) is 13.7. The predicted octanol–water partition coefficient (Wildman–Crippen LogP) is 5.39. The van der Waals surface area contributed by atoms with Crippen LogP contribution in [0.2, 0.25) is 0 Å². The lowest BCUT2D eigenvalue weighted by molar-refractivity contribution is -0.229. The van der Waals surface area contributed by atoms with Gasteiger partial charge in [-0.1, -0.05) is 27.7 Å². The molecule has 30 heavy (non-hydrogen) atoms. The summed E-state index contributed by atoms with van der Waals surface area (Å²) in [6.07, 6.45) is -2.61. The van der Waals surface area contributed by atoms with E-state index in [1.807, 2.05) is 6.92 Å². The Morgan fingerprint density at radius 1 is 1.10 bits per heavy atom. The minimum atomic E-state index is -4.42. The molecule has 0 heterocycles. The molecule has 3 unspecified atom stereocenters. The molecule has 0 saturated heterocycles. The van der Waals surface area contributed by atoms with E-state index in [0.717, 1.165) is 25.7 Å². The van der Waals surface area contributed by atoms with Crippen LogP contribution in [0.15, 0.2) is 0 Å².